The first kappa shape index (κ1) is 33.5. The zero-order valence-corrected chi connectivity index (χ0v) is 28.5. The molecule has 2 aliphatic heterocycles. The largest absolute Gasteiger partial charge is 0.508 e. The lowest BCUT2D eigenvalue weighted by Gasteiger charge is -2.52. The van der Waals surface area contributed by atoms with Crippen LogP contribution >= 0.6 is 0 Å². The van der Waals surface area contributed by atoms with Gasteiger partial charge >= 0.3 is 6.01 Å². The number of hydrogen-bond acceptors (Lipinski definition) is 10. The molecule has 0 bridgehead atoms. The van der Waals surface area contributed by atoms with E-state index in [4.69, 9.17) is 20.9 Å². The molecule has 0 spiro atoms. The second-order valence-electron chi connectivity index (χ2n) is 15.0. The fraction of sp³-hybridized carbons (Fsp3) is 0.487. The Morgan fingerprint density at radius 1 is 1.16 bits per heavy atom. The number of aromatic nitrogens is 3. The van der Waals surface area contributed by atoms with Crippen LogP contribution in [0.1, 0.15) is 57.4 Å². The van der Waals surface area contributed by atoms with E-state index in [-0.39, 0.29) is 64.0 Å². The molecule has 2 aliphatic carbocycles. The van der Waals surface area contributed by atoms with Gasteiger partial charge in [0.25, 0.3) is 0 Å². The highest BCUT2D eigenvalue weighted by atomic mass is 19.1. The lowest BCUT2D eigenvalue weighted by atomic mass is 9.72. The highest BCUT2D eigenvalue weighted by Crippen LogP contribution is 2.51. The van der Waals surface area contributed by atoms with Crippen molar-refractivity contribution in [2.75, 3.05) is 44.4 Å². The minimum Gasteiger partial charge on any atom is -0.508 e. The number of benzene rings is 2. The number of halogens is 2. The fourth-order valence-corrected chi connectivity index (χ4v) is 9.00. The van der Waals surface area contributed by atoms with E-state index in [9.17, 15) is 19.9 Å². The number of pyridine rings is 1. The number of nitriles is 1. The van der Waals surface area contributed by atoms with Gasteiger partial charge in [-0.1, -0.05) is 18.4 Å². The van der Waals surface area contributed by atoms with E-state index in [0.29, 0.717) is 48.4 Å². The predicted molar refractivity (Wildman–Crippen MR) is 187 cm³/mol. The number of aliphatic hydroxyl groups is 1. The lowest BCUT2D eigenvalue weighted by Crippen LogP contribution is -2.58. The number of terminal acetylenes is 1. The Balaban J connectivity index is 1.22. The van der Waals surface area contributed by atoms with Gasteiger partial charge in [0.15, 0.2) is 5.82 Å². The summed E-state index contributed by atoms with van der Waals surface area (Å²) in [4.78, 5) is 18.4. The highest BCUT2D eigenvalue weighted by Gasteiger charge is 2.51. The quantitative estimate of drug-likeness (QED) is 0.242. The molecule has 51 heavy (non-hydrogen) atoms. The van der Waals surface area contributed by atoms with Gasteiger partial charge < -0.3 is 24.6 Å². The van der Waals surface area contributed by atoms with Crippen molar-refractivity contribution in [1.29, 1.82) is 5.26 Å². The van der Waals surface area contributed by atoms with Crippen molar-refractivity contribution in [3.63, 3.8) is 0 Å². The standard InChI is InChI=1S/C39H40F2N6O4/c1-3-27-30(40)8-7-24-16-26(48)17-28(32(24)27)34-33(41)35-29(19-43-34)36(46-12-13-50-21-38(2,49)20-46)45-37(44-35)51-22-39-9-4-6-31(39)47(11-5-10-39)25-14-23(15-25)18-42/h1,7-8,16-17,19,23,25,31,48-49H,4-6,9-15,20-22H2,2H3/t23?,25?,31-,38+,39-/m1/s1. The number of piperidine rings is 1. The van der Waals surface area contributed by atoms with Crippen LogP contribution in [0.3, 0.4) is 0 Å². The molecule has 0 unspecified atom stereocenters. The maximum Gasteiger partial charge on any atom is 0.319 e. The molecule has 10 nitrogen and oxygen atoms in total. The zero-order valence-electron chi connectivity index (χ0n) is 28.5. The van der Waals surface area contributed by atoms with Gasteiger partial charge in [0.2, 0.25) is 0 Å². The Labute approximate surface area is 295 Å². The van der Waals surface area contributed by atoms with E-state index in [1.807, 2.05) is 4.90 Å². The van der Waals surface area contributed by atoms with E-state index in [2.05, 4.69) is 26.9 Å². The molecule has 4 aromatic rings. The third-order valence-corrected chi connectivity index (χ3v) is 11.4. The van der Waals surface area contributed by atoms with Gasteiger partial charge in [-0.2, -0.15) is 15.2 Å². The van der Waals surface area contributed by atoms with Gasteiger partial charge in [-0.3, -0.25) is 9.88 Å². The van der Waals surface area contributed by atoms with Gasteiger partial charge in [0.05, 0.1) is 43.4 Å². The number of hydrogen-bond donors (Lipinski definition) is 2. The summed E-state index contributed by atoms with van der Waals surface area (Å²) in [5.41, 5.74) is -1.50. The molecule has 4 fully saturated rings. The first-order valence-electron chi connectivity index (χ1n) is 17.7. The van der Waals surface area contributed by atoms with Crippen LogP contribution in [0.25, 0.3) is 32.9 Å². The molecule has 12 heteroatoms. The summed E-state index contributed by atoms with van der Waals surface area (Å²) < 4.78 is 44.1. The topological polar surface area (TPSA) is 128 Å². The summed E-state index contributed by atoms with van der Waals surface area (Å²) in [6.07, 6.45) is 14.1. The van der Waals surface area contributed by atoms with Crippen LogP contribution in [0.5, 0.6) is 11.8 Å². The molecule has 2 saturated heterocycles. The van der Waals surface area contributed by atoms with Crippen molar-refractivity contribution < 1.29 is 28.5 Å². The van der Waals surface area contributed by atoms with Crippen LogP contribution in [-0.2, 0) is 4.74 Å². The molecule has 0 amide bonds. The van der Waals surface area contributed by atoms with Gasteiger partial charge in [0, 0.05) is 47.1 Å². The lowest BCUT2D eigenvalue weighted by molar-refractivity contribution is -0.0472. The number of phenols is 1. The number of β-amino-alcohol motifs (C(OH)–C–C–N with tert-alkyl or cyclic N) is 1. The molecule has 8 rings (SSSR count). The smallest absolute Gasteiger partial charge is 0.319 e. The number of nitrogens with zero attached hydrogens (tertiary/aromatic N) is 6. The average Bonchev–Trinajstić information content (AvgIpc) is 3.44. The first-order valence-corrected chi connectivity index (χ1v) is 17.7. The van der Waals surface area contributed by atoms with Crippen LogP contribution in [0.4, 0.5) is 14.6 Å². The minimum absolute atomic E-state index is 0.000166. The molecule has 4 aliphatic rings. The monoisotopic (exact) mass is 694 g/mol. The van der Waals surface area contributed by atoms with E-state index < -0.39 is 17.2 Å². The third kappa shape index (κ3) is 5.89. The number of fused-ring (bicyclic) bond motifs is 3. The van der Waals surface area contributed by atoms with Crippen molar-refractivity contribution in [3.8, 4) is 41.4 Å². The van der Waals surface area contributed by atoms with Crippen molar-refractivity contribution in [2.24, 2.45) is 11.3 Å². The first-order chi connectivity index (χ1) is 24.6. The maximum atomic E-state index is 17.0. The molecule has 0 radical (unpaired) electrons. The van der Waals surface area contributed by atoms with Gasteiger partial charge in [0.1, 0.15) is 34.2 Å². The Bertz CT molecular complexity index is 2110. The summed E-state index contributed by atoms with van der Waals surface area (Å²) >= 11 is 0. The molecular formula is C39H40F2N6O4. The Hall–Kier alpha value is -4.62. The number of aromatic hydroxyl groups is 1. The van der Waals surface area contributed by atoms with Crippen LogP contribution in [0.2, 0.25) is 0 Å². The Morgan fingerprint density at radius 3 is 2.78 bits per heavy atom. The molecule has 264 valence electrons. The van der Waals surface area contributed by atoms with Gasteiger partial charge in [-0.25, -0.2) is 8.78 Å². The van der Waals surface area contributed by atoms with E-state index in [1.54, 1.807) is 6.92 Å². The molecule has 2 aromatic carbocycles. The Kier molecular flexibility index (Phi) is 8.45. The SMILES string of the molecule is C#Cc1c(F)ccc2cc(O)cc(-c3ncc4c(N5CCOC[C@@](C)(O)C5)nc(OC[C@]56CCC[C@H]5N(C5CC(C#N)C5)CCC6)nc4c3F)c12. The van der Waals surface area contributed by atoms with E-state index in [0.717, 1.165) is 51.5 Å². The average molecular weight is 695 g/mol. The van der Waals surface area contributed by atoms with E-state index >= 15 is 4.39 Å². The Morgan fingerprint density at radius 2 is 1.98 bits per heavy atom. The molecule has 2 saturated carbocycles. The third-order valence-electron chi connectivity index (χ3n) is 11.4. The summed E-state index contributed by atoms with van der Waals surface area (Å²) in [5.74, 6) is 1.22. The number of ether oxygens (including phenoxy) is 2. The summed E-state index contributed by atoms with van der Waals surface area (Å²) in [7, 11) is 0. The van der Waals surface area contributed by atoms with Crippen LogP contribution in [-0.4, -0.2) is 87.2 Å². The van der Waals surface area contributed by atoms with Crippen molar-refractivity contribution in [1.82, 2.24) is 19.9 Å². The van der Waals surface area contributed by atoms with Crippen LogP contribution in [0.15, 0.2) is 30.5 Å². The second-order valence-corrected chi connectivity index (χ2v) is 15.0. The van der Waals surface area contributed by atoms with Gasteiger partial charge in [-0.15, -0.1) is 6.42 Å². The van der Waals surface area contributed by atoms with Crippen molar-refractivity contribution in [2.45, 2.75) is 69.6 Å². The highest BCUT2D eigenvalue weighted by molar-refractivity contribution is 6.03. The summed E-state index contributed by atoms with van der Waals surface area (Å²) in [6.45, 7) is 4.02. The van der Waals surface area contributed by atoms with Crippen LogP contribution in [0, 0.1) is 46.6 Å². The maximum absolute atomic E-state index is 17.0. The van der Waals surface area contributed by atoms with Gasteiger partial charge in [-0.05, 0) is 75.6 Å². The van der Waals surface area contributed by atoms with Crippen molar-refractivity contribution in [3.05, 3.63) is 47.7 Å². The molecular weight excluding hydrogens is 654 g/mol. The summed E-state index contributed by atoms with van der Waals surface area (Å²) in [5, 5.41) is 32.0. The zero-order chi connectivity index (χ0) is 35.5. The number of rotatable bonds is 6. The molecule has 3 atom stereocenters. The fourth-order valence-electron chi connectivity index (χ4n) is 9.00. The number of phenolic OH excluding ortho intramolecular Hbond substituents is 1. The normalized spacial score (nSPS) is 28.1. The molecule has 4 heterocycles. The van der Waals surface area contributed by atoms with E-state index in [1.165, 1.54) is 30.5 Å². The predicted octanol–water partition coefficient (Wildman–Crippen LogP) is 5.71. The summed E-state index contributed by atoms with van der Waals surface area (Å²) in [6, 6.07) is 8.59. The number of anilines is 1. The molecule has 2 N–H and O–H groups in total. The van der Waals surface area contributed by atoms with Crippen molar-refractivity contribution >= 4 is 27.5 Å². The minimum atomic E-state index is -1.20. The second kappa shape index (κ2) is 12.9. The number of likely N-dealkylation sites (tertiary alicyclic amines) is 1. The molecule has 2 aromatic heterocycles. The van der Waals surface area contributed by atoms with Crippen LogP contribution < -0.4 is 9.64 Å².